The Morgan fingerprint density at radius 1 is 1.09 bits per heavy atom. The van der Waals surface area contributed by atoms with Crippen LogP contribution in [0.15, 0.2) is 29.2 Å². The first-order valence-electron chi connectivity index (χ1n) is 12.6. The van der Waals surface area contributed by atoms with Gasteiger partial charge in [0.1, 0.15) is 11.4 Å². The molecule has 1 amide bonds. The van der Waals surface area contributed by atoms with Gasteiger partial charge in [0.25, 0.3) is 0 Å². The molecule has 0 bridgehead atoms. The molecule has 7 nitrogen and oxygen atoms in total. The summed E-state index contributed by atoms with van der Waals surface area (Å²) in [6, 6.07) is 5.61. The van der Waals surface area contributed by atoms with E-state index in [4.69, 9.17) is 25.8 Å². The van der Waals surface area contributed by atoms with E-state index in [9.17, 15) is 9.59 Å². The van der Waals surface area contributed by atoms with E-state index in [-0.39, 0.29) is 17.2 Å². The molecule has 2 heterocycles. The standard InChI is InChI=1S/C27H37ClN2O5/c1-4-6-8-12-35-27(32)29-23-18-30-20(10-7-5-2)14-19-15-26(34-13-9-11-33-3)22(28)16-21(19)24(30)17-25(23)31/h15-18,20H,4-14H2,1-3H3,(H,29,32). The molecule has 1 aliphatic heterocycles. The Balaban J connectivity index is 1.88. The van der Waals surface area contributed by atoms with Gasteiger partial charge in [-0.05, 0) is 37.0 Å². The van der Waals surface area contributed by atoms with E-state index in [0.717, 1.165) is 68.2 Å². The van der Waals surface area contributed by atoms with E-state index in [0.29, 0.717) is 30.6 Å². The number of anilines is 1. The Morgan fingerprint density at radius 3 is 2.63 bits per heavy atom. The largest absolute Gasteiger partial charge is 0.492 e. The average molecular weight is 505 g/mol. The fourth-order valence-corrected chi connectivity index (χ4v) is 4.57. The molecule has 8 heteroatoms. The van der Waals surface area contributed by atoms with Gasteiger partial charge < -0.3 is 18.8 Å². The first-order valence-corrected chi connectivity index (χ1v) is 13.0. The molecule has 192 valence electrons. The van der Waals surface area contributed by atoms with Gasteiger partial charge in [-0.15, -0.1) is 0 Å². The Kier molecular flexibility index (Phi) is 10.5. The zero-order chi connectivity index (χ0) is 25.2. The van der Waals surface area contributed by atoms with Crippen LogP contribution in [-0.2, 0) is 15.9 Å². The molecular formula is C27H37ClN2O5. The quantitative estimate of drug-likeness (QED) is 0.310. The molecule has 1 aromatic carbocycles. The van der Waals surface area contributed by atoms with Gasteiger partial charge in [0.2, 0.25) is 5.43 Å². The number of halogens is 1. The van der Waals surface area contributed by atoms with Crippen molar-refractivity contribution >= 4 is 23.4 Å². The average Bonchev–Trinajstić information content (AvgIpc) is 2.84. The molecule has 0 spiro atoms. The van der Waals surface area contributed by atoms with Crippen molar-refractivity contribution in [1.29, 1.82) is 0 Å². The maximum atomic E-state index is 12.9. The summed E-state index contributed by atoms with van der Waals surface area (Å²) in [5.41, 5.74) is 2.78. The summed E-state index contributed by atoms with van der Waals surface area (Å²) in [7, 11) is 1.67. The number of unbranched alkanes of at least 4 members (excludes halogenated alkanes) is 3. The van der Waals surface area contributed by atoms with Crippen LogP contribution in [0.4, 0.5) is 10.5 Å². The number of methoxy groups -OCH3 is 1. The summed E-state index contributed by atoms with van der Waals surface area (Å²) in [4.78, 5) is 25.2. The number of hydrogen-bond donors (Lipinski definition) is 1. The molecule has 3 rings (SSSR count). The molecule has 0 saturated heterocycles. The van der Waals surface area contributed by atoms with Crippen LogP contribution in [-0.4, -0.2) is 37.6 Å². The Morgan fingerprint density at radius 2 is 1.89 bits per heavy atom. The highest BCUT2D eigenvalue weighted by molar-refractivity contribution is 6.32. The van der Waals surface area contributed by atoms with Crippen LogP contribution in [0.2, 0.25) is 5.02 Å². The molecule has 0 radical (unpaired) electrons. The molecule has 0 aliphatic carbocycles. The number of amides is 1. The summed E-state index contributed by atoms with van der Waals surface area (Å²) in [5.74, 6) is 0.649. The fraction of sp³-hybridized carbons (Fsp3) is 0.556. The van der Waals surface area contributed by atoms with Crippen molar-refractivity contribution in [3.8, 4) is 17.0 Å². The fourth-order valence-electron chi connectivity index (χ4n) is 4.36. The summed E-state index contributed by atoms with van der Waals surface area (Å²) in [6.45, 7) is 5.74. The molecule has 35 heavy (non-hydrogen) atoms. The number of hydrogen-bond acceptors (Lipinski definition) is 5. The maximum absolute atomic E-state index is 12.9. The van der Waals surface area contributed by atoms with Crippen molar-refractivity contribution in [1.82, 2.24) is 4.57 Å². The molecule has 0 saturated carbocycles. The lowest BCUT2D eigenvalue weighted by Crippen LogP contribution is -2.26. The smallest absolute Gasteiger partial charge is 0.411 e. The van der Waals surface area contributed by atoms with Crippen LogP contribution in [0, 0.1) is 0 Å². The molecular weight excluding hydrogens is 468 g/mol. The van der Waals surface area contributed by atoms with E-state index in [1.54, 1.807) is 19.4 Å². The lowest BCUT2D eigenvalue weighted by Gasteiger charge is -2.31. The number of ether oxygens (including phenoxy) is 3. The lowest BCUT2D eigenvalue weighted by atomic mass is 9.90. The third-order valence-corrected chi connectivity index (χ3v) is 6.52. The molecule has 1 atom stereocenters. The number of aromatic nitrogens is 1. The van der Waals surface area contributed by atoms with Crippen molar-refractivity contribution in [2.75, 3.05) is 32.2 Å². The third-order valence-electron chi connectivity index (χ3n) is 6.22. The predicted octanol–water partition coefficient (Wildman–Crippen LogP) is 6.61. The van der Waals surface area contributed by atoms with E-state index in [1.807, 2.05) is 12.1 Å². The highest BCUT2D eigenvalue weighted by Crippen LogP contribution is 2.41. The van der Waals surface area contributed by atoms with E-state index in [1.165, 1.54) is 0 Å². The lowest BCUT2D eigenvalue weighted by molar-refractivity contribution is 0.159. The Labute approximate surface area is 212 Å². The van der Waals surface area contributed by atoms with Gasteiger partial charge in [-0.2, -0.15) is 0 Å². The predicted molar refractivity (Wildman–Crippen MR) is 140 cm³/mol. The number of nitrogens with zero attached hydrogens (tertiary/aromatic N) is 1. The SMILES string of the molecule is CCCCCOC(=O)Nc1cn2c(cc1=O)-c1cc(Cl)c(OCCCOC)cc1CC2CCCC. The van der Waals surface area contributed by atoms with Crippen molar-refractivity contribution in [3.05, 3.63) is 45.2 Å². The number of fused-ring (bicyclic) bond motifs is 3. The first kappa shape index (κ1) is 27.1. The molecule has 1 aromatic heterocycles. The molecule has 1 N–H and O–H groups in total. The van der Waals surface area contributed by atoms with Crippen LogP contribution < -0.4 is 15.5 Å². The monoisotopic (exact) mass is 504 g/mol. The van der Waals surface area contributed by atoms with Gasteiger partial charge in [-0.1, -0.05) is 51.1 Å². The number of pyridine rings is 1. The minimum Gasteiger partial charge on any atom is -0.492 e. The van der Waals surface area contributed by atoms with E-state index >= 15 is 0 Å². The van der Waals surface area contributed by atoms with Crippen molar-refractivity contribution in [2.24, 2.45) is 0 Å². The summed E-state index contributed by atoms with van der Waals surface area (Å²) in [5, 5.41) is 3.15. The Hall–Kier alpha value is -2.51. The van der Waals surface area contributed by atoms with Crippen molar-refractivity contribution in [3.63, 3.8) is 0 Å². The zero-order valence-corrected chi connectivity index (χ0v) is 21.8. The second-order valence-electron chi connectivity index (χ2n) is 8.95. The van der Waals surface area contributed by atoms with Crippen molar-refractivity contribution < 1.29 is 19.0 Å². The van der Waals surface area contributed by atoms with Crippen LogP contribution >= 0.6 is 11.6 Å². The Bertz CT molecular complexity index is 1050. The zero-order valence-electron chi connectivity index (χ0n) is 21.0. The number of carbonyl (C=O) groups is 1. The molecule has 2 aromatic rings. The van der Waals surface area contributed by atoms with Crippen LogP contribution in [0.5, 0.6) is 5.75 Å². The molecule has 1 aliphatic rings. The number of rotatable bonds is 13. The number of carbonyl (C=O) groups excluding carboxylic acids is 1. The van der Waals surface area contributed by atoms with Crippen LogP contribution in [0.1, 0.15) is 70.4 Å². The summed E-state index contributed by atoms with van der Waals surface area (Å²) < 4.78 is 18.3. The first-order chi connectivity index (χ1) is 17.0. The number of benzene rings is 1. The normalized spacial score (nSPS) is 14.2. The van der Waals surface area contributed by atoms with Gasteiger partial charge in [-0.3, -0.25) is 10.1 Å². The highest BCUT2D eigenvalue weighted by Gasteiger charge is 2.26. The third kappa shape index (κ3) is 7.24. The maximum Gasteiger partial charge on any atom is 0.411 e. The van der Waals surface area contributed by atoms with Crippen LogP contribution in [0.3, 0.4) is 0 Å². The summed E-state index contributed by atoms with van der Waals surface area (Å²) >= 11 is 6.55. The topological polar surface area (TPSA) is 78.8 Å². The number of nitrogens with one attached hydrogen (secondary N) is 1. The van der Waals surface area contributed by atoms with Gasteiger partial charge in [0.15, 0.2) is 0 Å². The van der Waals surface area contributed by atoms with Crippen LogP contribution in [0.25, 0.3) is 11.3 Å². The van der Waals surface area contributed by atoms with E-state index < -0.39 is 6.09 Å². The van der Waals surface area contributed by atoms with E-state index in [2.05, 4.69) is 23.7 Å². The molecule has 1 unspecified atom stereocenters. The molecule has 0 fully saturated rings. The second-order valence-corrected chi connectivity index (χ2v) is 9.35. The second kappa shape index (κ2) is 13.5. The van der Waals surface area contributed by atoms with Gasteiger partial charge in [-0.25, -0.2) is 4.79 Å². The minimum atomic E-state index is -0.599. The minimum absolute atomic E-state index is 0.154. The van der Waals surface area contributed by atoms with Gasteiger partial charge in [0, 0.05) is 44.0 Å². The summed E-state index contributed by atoms with van der Waals surface area (Å²) in [6.07, 6.45) is 8.65. The highest BCUT2D eigenvalue weighted by atomic mass is 35.5. The van der Waals surface area contributed by atoms with Gasteiger partial charge >= 0.3 is 6.09 Å². The van der Waals surface area contributed by atoms with Crippen molar-refractivity contribution in [2.45, 2.75) is 71.3 Å². The van der Waals surface area contributed by atoms with Gasteiger partial charge in [0.05, 0.1) is 23.9 Å².